The third-order valence-electron chi connectivity index (χ3n) is 2.82. The maximum Gasteiger partial charge on any atom is 0.0334 e. The molecule has 0 saturated heterocycles. The van der Waals surface area contributed by atoms with Crippen molar-refractivity contribution in [3.63, 3.8) is 0 Å². The van der Waals surface area contributed by atoms with Crippen LogP contribution in [-0.2, 0) is 0 Å². The number of hydrogen-bond acceptors (Lipinski definition) is 2. The molecule has 0 aliphatic heterocycles. The van der Waals surface area contributed by atoms with Gasteiger partial charge in [-0.15, -0.1) is 11.8 Å². The summed E-state index contributed by atoms with van der Waals surface area (Å²) in [6, 6.07) is 8.84. The van der Waals surface area contributed by atoms with E-state index in [0.717, 1.165) is 5.92 Å². The van der Waals surface area contributed by atoms with Crippen LogP contribution in [0.2, 0.25) is 0 Å². The normalized spacial score (nSPS) is 18.5. The molecule has 0 amide bonds. The molecule has 1 atom stereocenters. The van der Waals surface area contributed by atoms with Crippen molar-refractivity contribution in [3.05, 3.63) is 29.8 Å². The van der Waals surface area contributed by atoms with Gasteiger partial charge in [0.25, 0.3) is 0 Å². The zero-order valence-electron chi connectivity index (χ0n) is 10.4. The van der Waals surface area contributed by atoms with E-state index < -0.39 is 0 Å². The lowest BCUT2D eigenvalue weighted by Crippen LogP contribution is -2.15. The molecule has 0 aromatic heterocycles. The number of thioether (sulfide) groups is 1. The van der Waals surface area contributed by atoms with Gasteiger partial charge in [0.15, 0.2) is 0 Å². The molecule has 1 saturated carbocycles. The van der Waals surface area contributed by atoms with Gasteiger partial charge in [0, 0.05) is 15.7 Å². The summed E-state index contributed by atoms with van der Waals surface area (Å²) in [6.45, 7) is 6.74. The van der Waals surface area contributed by atoms with Crippen molar-refractivity contribution in [3.8, 4) is 0 Å². The molecule has 2 N–H and O–H groups in total. The molecule has 1 nitrogen and oxygen atoms in total. The van der Waals surface area contributed by atoms with Crippen LogP contribution >= 0.6 is 11.8 Å². The van der Waals surface area contributed by atoms with Crippen LogP contribution in [0.4, 0.5) is 0 Å². The van der Waals surface area contributed by atoms with Crippen molar-refractivity contribution in [1.82, 2.24) is 0 Å². The van der Waals surface area contributed by atoms with E-state index in [9.17, 15) is 0 Å². The molecule has 2 rings (SSSR count). The summed E-state index contributed by atoms with van der Waals surface area (Å²) in [5.41, 5.74) is 7.64. The first kappa shape index (κ1) is 12.0. The van der Waals surface area contributed by atoms with E-state index in [1.54, 1.807) is 0 Å². The van der Waals surface area contributed by atoms with Gasteiger partial charge < -0.3 is 5.73 Å². The maximum atomic E-state index is 6.31. The van der Waals surface area contributed by atoms with Crippen molar-refractivity contribution in [1.29, 1.82) is 0 Å². The average molecular weight is 235 g/mol. The summed E-state index contributed by atoms with van der Waals surface area (Å²) >= 11 is 1.92. The smallest absolute Gasteiger partial charge is 0.0334 e. The standard InChI is InChI=1S/C14H21NS/c1-14(2,3)16-12-7-5-4-6-11(12)13(15)10-8-9-10/h4-7,10,13H,8-9,15H2,1-3H3/t13-/m1/s1. The molecular formula is C14H21NS. The predicted molar refractivity (Wildman–Crippen MR) is 71.7 cm³/mol. The van der Waals surface area contributed by atoms with Gasteiger partial charge in [-0.2, -0.15) is 0 Å². The third-order valence-corrected chi connectivity index (χ3v) is 4.03. The fourth-order valence-electron chi connectivity index (χ4n) is 1.89. The van der Waals surface area contributed by atoms with Crippen molar-refractivity contribution < 1.29 is 0 Å². The summed E-state index contributed by atoms with van der Waals surface area (Å²) < 4.78 is 0.249. The van der Waals surface area contributed by atoms with Gasteiger partial charge in [0.1, 0.15) is 0 Å². The van der Waals surface area contributed by atoms with E-state index in [1.807, 2.05) is 11.8 Å². The molecule has 16 heavy (non-hydrogen) atoms. The number of nitrogens with two attached hydrogens (primary N) is 1. The lowest BCUT2D eigenvalue weighted by Gasteiger charge is -2.22. The van der Waals surface area contributed by atoms with Crippen LogP contribution in [-0.4, -0.2) is 4.75 Å². The van der Waals surface area contributed by atoms with Crippen LogP contribution in [0.3, 0.4) is 0 Å². The Hall–Kier alpha value is -0.470. The van der Waals surface area contributed by atoms with Gasteiger partial charge in [0.05, 0.1) is 0 Å². The molecule has 0 heterocycles. The molecule has 0 radical (unpaired) electrons. The zero-order valence-corrected chi connectivity index (χ0v) is 11.2. The minimum absolute atomic E-state index is 0.242. The lowest BCUT2D eigenvalue weighted by molar-refractivity contribution is 0.622. The van der Waals surface area contributed by atoms with Crippen LogP contribution < -0.4 is 5.73 Å². The molecule has 1 aliphatic carbocycles. The topological polar surface area (TPSA) is 26.0 Å². The van der Waals surface area contributed by atoms with E-state index in [0.29, 0.717) is 0 Å². The second-order valence-electron chi connectivity index (χ2n) is 5.62. The monoisotopic (exact) mass is 235 g/mol. The summed E-state index contributed by atoms with van der Waals surface area (Å²) in [5.74, 6) is 0.724. The first-order chi connectivity index (χ1) is 7.47. The summed E-state index contributed by atoms with van der Waals surface area (Å²) in [6.07, 6.45) is 2.60. The molecule has 88 valence electrons. The van der Waals surface area contributed by atoms with Crippen LogP contribution in [0, 0.1) is 5.92 Å². The van der Waals surface area contributed by atoms with Crippen molar-refractivity contribution in [2.24, 2.45) is 11.7 Å². The fourth-order valence-corrected chi connectivity index (χ4v) is 3.02. The Morgan fingerprint density at radius 3 is 2.44 bits per heavy atom. The van der Waals surface area contributed by atoms with Crippen molar-refractivity contribution >= 4 is 11.8 Å². The molecule has 1 aromatic carbocycles. The Morgan fingerprint density at radius 1 is 1.25 bits per heavy atom. The van der Waals surface area contributed by atoms with Crippen molar-refractivity contribution in [2.45, 2.75) is 49.3 Å². The van der Waals surface area contributed by atoms with E-state index in [4.69, 9.17) is 5.73 Å². The number of benzene rings is 1. The molecule has 1 aromatic rings. The fraction of sp³-hybridized carbons (Fsp3) is 0.571. The second-order valence-corrected chi connectivity index (χ2v) is 7.48. The van der Waals surface area contributed by atoms with Crippen LogP contribution in [0.15, 0.2) is 29.2 Å². The van der Waals surface area contributed by atoms with Crippen LogP contribution in [0.5, 0.6) is 0 Å². The third kappa shape index (κ3) is 3.02. The molecular weight excluding hydrogens is 214 g/mol. The summed E-state index contributed by atoms with van der Waals surface area (Å²) in [4.78, 5) is 1.36. The van der Waals surface area contributed by atoms with Crippen molar-refractivity contribution in [2.75, 3.05) is 0 Å². The minimum Gasteiger partial charge on any atom is -0.324 e. The number of rotatable bonds is 3. The van der Waals surface area contributed by atoms with E-state index in [1.165, 1.54) is 23.3 Å². The zero-order chi connectivity index (χ0) is 11.8. The SMILES string of the molecule is CC(C)(C)Sc1ccccc1[C@H](N)C1CC1. The largest absolute Gasteiger partial charge is 0.324 e. The maximum absolute atomic E-state index is 6.31. The molecule has 1 fully saturated rings. The molecule has 1 aliphatic rings. The Balaban J connectivity index is 2.22. The van der Waals surface area contributed by atoms with Crippen LogP contribution in [0.25, 0.3) is 0 Å². The highest BCUT2D eigenvalue weighted by Crippen LogP contribution is 2.43. The highest BCUT2D eigenvalue weighted by Gasteiger charge is 2.31. The van der Waals surface area contributed by atoms with Gasteiger partial charge >= 0.3 is 0 Å². The van der Waals surface area contributed by atoms with Gasteiger partial charge in [-0.05, 0) is 30.4 Å². The highest BCUT2D eigenvalue weighted by molar-refractivity contribution is 8.00. The Kier molecular flexibility index (Phi) is 3.32. The van der Waals surface area contributed by atoms with Gasteiger partial charge in [-0.25, -0.2) is 0 Å². The highest BCUT2D eigenvalue weighted by atomic mass is 32.2. The average Bonchev–Trinajstić information content (AvgIpc) is 2.98. The molecule has 0 bridgehead atoms. The van der Waals surface area contributed by atoms with Crippen LogP contribution in [0.1, 0.15) is 45.2 Å². The van der Waals surface area contributed by atoms with Gasteiger partial charge in [-0.3, -0.25) is 0 Å². The number of hydrogen-bond donors (Lipinski definition) is 1. The lowest BCUT2D eigenvalue weighted by atomic mass is 10.0. The summed E-state index contributed by atoms with van der Waals surface area (Å²) in [7, 11) is 0. The Bertz CT molecular complexity index is 363. The summed E-state index contributed by atoms with van der Waals surface area (Å²) in [5, 5.41) is 0. The van der Waals surface area contributed by atoms with E-state index in [-0.39, 0.29) is 10.8 Å². The Morgan fingerprint density at radius 2 is 1.88 bits per heavy atom. The molecule has 2 heteroatoms. The first-order valence-corrected chi connectivity index (χ1v) is 6.82. The van der Waals surface area contributed by atoms with E-state index >= 15 is 0 Å². The first-order valence-electron chi connectivity index (χ1n) is 6.01. The quantitative estimate of drug-likeness (QED) is 0.802. The molecule has 0 spiro atoms. The second kappa shape index (κ2) is 4.42. The molecule has 0 unspecified atom stereocenters. The predicted octanol–water partition coefficient (Wildman–Crippen LogP) is 3.99. The van der Waals surface area contributed by atoms with Gasteiger partial charge in [0.2, 0.25) is 0 Å². The Labute approximate surface area is 103 Å². The van der Waals surface area contributed by atoms with Gasteiger partial charge in [-0.1, -0.05) is 39.0 Å². The van der Waals surface area contributed by atoms with E-state index in [2.05, 4.69) is 45.0 Å². The minimum atomic E-state index is 0.242.